The van der Waals surface area contributed by atoms with Crippen molar-refractivity contribution in [1.82, 2.24) is 4.57 Å². The van der Waals surface area contributed by atoms with Crippen LogP contribution in [-0.2, 0) is 6.42 Å². The molecule has 0 unspecified atom stereocenters. The fraction of sp³-hybridized carbons (Fsp3) is 0.200. The van der Waals surface area contributed by atoms with Crippen LogP contribution >= 0.6 is 0 Å². The van der Waals surface area contributed by atoms with Crippen molar-refractivity contribution in [2.24, 2.45) is 5.16 Å². The van der Waals surface area contributed by atoms with E-state index >= 15 is 0 Å². The first-order chi connectivity index (χ1) is 17.8. The minimum atomic E-state index is -0.424. The number of hydrogen-bond donors (Lipinski definition) is 0. The van der Waals surface area contributed by atoms with E-state index < -0.39 is 4.92 Å². The summed E-state index contributed by atoms with van der Waals surface area (Å²) in [7, 11) is 0. The molecule has 0 aliphatic carbocycles. The largest absolute Gasteiger partial charge is 0.357 e. The molecule has 1 aromatic heterocycles. The molecule has 0 atom stereocenters. The number of benzene rings is 3. The van der Waals surface area contributed by atoms with Crippen LogP contribution in [0.15, 0.2) is 90.1 Å². The maximum Gasteiger partial charge on any atom is 0.269 e. The molecular weight excluding hydrogens is 466 g/mol. The lowest BCUT2D eigenvalue weighted by Gasteiger charge is -2.16. The number of rotatable bonds is 10. The molecule has 37 heavy (non-hydrogen) atoms. The van der Waals surface area contributed by atoms with Crippen LogP contribution in [0.4, 0.5) is 5.69 Å². The molecule has 0 fully saturated rings. The quantitative estimate of drug-likeness (QED) is 0.102. The van der Waals surface area contributed by atoms with E-state index in [1.165, 1.54) is 12.1 Å². The summed E-state index contributed by atoms with van der Waals surface area (Å²) in [5, 5.41) is 15.3. The van der Waals surface area contributed by atoms with Crippen molar-refractivity contribution in [1.29, 1.82) is 0 Å². The third-order valence-corrected chi connectivity index (χ3v) is 6.06. The molecule has 188 valence electrons. The van der Waals surface area contributed by atoms with Gasteiger partial charge in [-0.05, 0) is 55.2 Å². The Kier molecular flexibility index (Phi) is 7.93. The number of carbonyl (C=O) groups is 1. The van der Waals surface area contributed by atoms with Crippen LogP contribution in [-0.4, -0.2) is 21.5 Å². The fourth-order valence-corrected chi connectivity index (χ4v) is 4.26. The zero-order valence-electron chi connectivity index (χ0n) is 21.1. The van der Waals surface area contributed by atoms with Crippen molar-refractivity contribution in [2.75, 3.05) is 0 Å². The lowest BCUT2D eigenvalue weighted by Crippen LogP contribution is -2.10. The molecule has 0 N–H and O–H groups in total. The van der Waals surface area contributed by atoms with Gasteiger partial charge in [-0.1, -0.05) is 67.0 Å². The van der Waals surface area contributed by atoms with Gasteiger partial charge in [-0.3, -0.25) is 14.9 Å². The van der Waals surface area contributed by atoms with Gasteiger partial charge in [0, 0.05) is 35.5 Å². The van der Waals surface area contributed by atoms with E-state index in [-0.39, 0.29) is 23.8 Å². The molecule has 0 bridgehead atoms. The van der Waals surface area contributed by atoms with Gasteiger partial charge in [0.2, 0.25) is 0 Å². The molecule has 4 aromatic rings. The summed E-state index contributed by atoms with van der Waals surface area (Å²) in [5.41, 5.74) is 5.04. The number of carbonyl (C=O) groups excluding carboxylic acids is 1. The second kappa shape index (κ2) is 11.5. The van der Waals surface area contributed by atoms with Crippen molar-refractivity contribution >= 4 is 17.7 Å². The molecular formula is C30H29N3O4. The number of non-ortho nitro benzene ring substituents is 1. The van der Waals surface area contributed by atoms with E-state index in [4.69, 9.17) is 4.84 Å². The number of hydrogen-bond acceptors (Lipinski definition) is 5. The maximum absolute atomic E-state index is 13.5. The molecule has 0 aliphatic rings. The fourth-order valence-electron chi connectivity index (χ4n) is 4.26. The zero-order valence-corrected chi connectivity index (χ0v) is 21.1. The summed E-state index contributed by atoms with van der Waals surface area (Å²) in [6.07, 6.45) is 2.26. The highest BCUT2D eigenvalue weighted by Crippen LogP contribution is 2.29. The average molecular weight is 496 g/mol. The molecule has 1 heterocycles. The van der Waals surface area contributed by atoms with Crippen LogP contribution in [0.1, 0.15) is 59.1 Å². The number of para-hydroxylation sites is 1. The number of oxime groups is 1. The number of ketones is 1. The first kappa shape index (κ1) is 25.6. The van der Waals surface area contributed by atoms with E-state index in [0.717, 1.165) is 28.2 Å². The van der Waals surface area contributed by atoms with E-state index in [1.807, 2.05) is 72.2 Å². The van der Waals surface area contributed by atoms with Crippen LogP contribution in [0.3, 0.4) is 0 Å². The molecule has 0 amide bonds. The summed E-state index contributed by atoms with van der Waals surface area (Å²) in [5.74, 6) is 0.646. The molecule has 0 saturated heterocycles. The van der Waals surface area contributed by atoms with Crippen LogP contribution in [0.5, 0.6) is 5.75 Å². The molecule has 0 radical (unpaired) electrons. The molecule has 7 heteroatoms. The Hall–Kier alpha value is -4.52. The SMILES string of the molecule is Cc1ccc(ON=Cc2cc(C(=O)CCc3cccc([N+](=O)[O-])c3)c(C(C)C)n2-c2ccccc2)cc1. The van der Waals surface area contributed by atoms with Crippen molar-refractivity contribution in [3.05, 3.63) is 123 Å². The Morgan fingerprint density at radius 1 is 1.03 bits per heavy atom. The Balaban J connectivity index is 1.66. The Morgan fingerprint density at radius 3 is 2.43 bits per heavy atom. The van der Waals surface area contributed by atoms with Gasteiger partial charge in [0.15, 0.2) is 11.5 Å². The van der Waals surface area contributed by atoms with Crippen molar-refractivity contribution in [2.45, 2.75) is 39.5 Å². The third kappa shape index (κ3) is 6.19. The topological polar surface area (TPSA) is 86.7 Å². The first-order valence-corrected chi connectivity index (χ1v) is 12.2. The Labute approximate surface area is 216 Å². The number of nitrogens with zero attached hydrogens (tertiary/aromatic N) is 3. The summed E-state index contributed by atoms with van der Waals surface area (Å²) in [6.45, 7) is 6.11. The second-order valence-corrected chi connectivity index (χ2v) is 9.18. The number of Topliss-reactive ketones (excluding diaryl/α,β-unsaturated/α-hetero) is 1. The van der Waals surface area contributed by atoms with E-state index in [1.54, 1.807) is 18.3 Å². The van der Waals surface area contributed by atoms with Crippen LogP contribution < -0.4 is 4.84 Å². The minimum Gasteiger partial charge on any atom is -0.357 e. The highest BCUT2D eigenvalue weighted by Gasteiger charge is 2.23. The number of nitro benzene ring substituents is 1. The van der Waals surface area contributed by atoms with Crippen LogP contribution in [0.25, 0.3) is 5.69 Å². The maximum atomic E-state index is 13.5. The summed E-state index contributed by atoms with van der Waals surface area (Å²) < 4.78 is 2.03. The van der Waals surface area contributed by atoms with E-state index in [9.17, 15) is 14.9 Å². The summed E-state index contributed by atoms with van der Waals surface area (Å²) in [6, 6.07) is 25.7. The Bertz CT molecular complexity index is 1420. The van der Waals surface area contributed by atoms with Gasteiger partial charge in [0.1, 0.15) is 0 Å². The minimum absolute atomic E-state index is 0.0233. The lowest BCUT2D eigenvalue weighted by molar-refractivity contribution is -0.384. The van der Waals surface area contributed by atoms with Gasteiger partial charge in [0.25, 0.3) is 5.69 Å². The smallest absolute Gasteiger partial charge is 0.269 e. The molecule has 0 aliphatic heterocycles. The van der Waals surface area contributed by atoms with E-state index in [0.29, 0.717) is 17.7 Å². The van der Waals surface area contributed by atoms with Gasteiger partial charge in [-0.15, -0.1) is 0 Å². The standard InChI is InChI=1S/C30H29N3O4/c1-21(2)30-28(29(34)17-14-23-8-7-11-25(18-23)33(35)36)19-26(32(30)24-9-5-4-6-10-24)20-31-37-27-15-12-22(3)13-16-27/h4-13,15-16,18-21H,14,17H2,1-3H3. The number of nitro groups is 1. The number of aromatic nitrogens is 1. The van der Waals surface area contributed by atoms with Gasteiger partial charge < -0.3 is 9.40 Å². The summed E-state index contributed by atoms with van der Waals surface area (Å²) >= 11 is 0. The van der Waals surface area contributed by atoms with Crippen molar-refractivity contribution in [3.63, 3.8) is 0 Å². The van der Waals surface area contributed by atoms with Gasteiger partial charge >= 0.3 is 0 Å². The molecule has 3 aromatic carbocycles. The Morgan fingerprint density at radius 2 is 1.76 bits per heavy atom. The normalized spacial score (nSPS) is 11.2. The van der Waals surface area contributed by atoms with Gasteiger partial charge in [-0.2, -0.15) is 0 Å². The molecule has 7 nitrogen and oxygen atoms in total. The van der Waals surface area contributed by atoms with E-state index in [2.05, 4.69) is 19.0 Å². The highest BCUT2D eigenvalue weighted by molar-refractivity contribution is 6.00. The predicted octanol–water partition coefficient (Wildman–Crippen LogP) is 7.05. The molecule has 0 spiro atoms. The molecule has 4 rings (SSSR count). The first-order valence-electron chi connectivity index (χ1n) is 12.2. The summed E-state index contributed by atoms with van der Waals surface area (Å²) in [4.78, 5) is 29.7. The predicted molar refractivity (Wildman–Crippen MR) is 145 cm³/mol. The van der Waals surface area contributed by atoms with Crippen molar-refractivity contribution in [3.8, 4) is 11.4 Å². The number of aryl methyl sites for hydroxylation is 2. The van der Waals surface area contributed by atoms with Crippen LogP contribution in [0, 0.1) is 17.0 Å². The van der Waals surface area contributed by atoms with Crippen LogP contribution in [0.2, 0.25) is 0 Å². The average Bonchev–Trinajstić information content (AvgIpc) is 3.29. The highest BCUT2D eigenvalue weighted by atomic mass is 16.6. The second-order valence-electron chi connectivity index (χ2n) is 9.18. The van der Waals surface area contributed by atoms with Gasteiger partial charge in [0.05, 0.1) is 16.8 Å². The zero-order chi connectivity index (χ0) is 26.4. The van der Waals surface area contributed by atoms with Gasteiger partial charge in [-0.25, -0.2) is 0 Å². The molecule has 0 saturated carbocycles. The third-order valence-electron chi connectivity index (χ3n) is 6.06. The monoisotopic (exact) mass is 495 g/mol. The van der Waals surface area contributed by atoms with Crippen molar-refractivity contribution < 1.29 is 14.6 Å². The lowest BCUT2D eigenvalue weighted by atomic mass is 9.98.